The summed E-state index contributed by atoms with van der Waals surface area (Å²) in [5.41, 5.74) is 1.03. The Kier molecular flexibility index (Phi) is 3.90. The molecule has 7 heteroatoms. The second kappa shape index (κ2) is 5.79. The van der Waals surface area contributed by atoms with Crippen LogP contribution in [0.3, 0.4) is 0 Å². The van der Waals surface area contributed by atoms with Crippen LogP contribution < -0.4 is 10.6 Å². The van der Waals surface area contributed by atoms with E-state index < -0.39 is 11.0 Å². The lowest BCUT2D eigenvalue weighted by atomic mass is 10.3. The number of hydrogen-bond donors (Lipinski definition) is 2. The highest BCUT2D eigenvalue weighted by Crippen LogP contribution is 2.17. The standard InChI is InChI=1S/C13H12N4O3/c1-9-4-2-7-12(14-9)16-13(18)15-10-5-3-6-11(8-10)17(19)20/h2-8H,1H3,(H2,14,15,16,18). The maximum atomic E-state index is 11.7. The van der Waals surface area contributed by atoms with E-state index in [2.05, 4.69) is 15.6 Å². The van der Waals surface area contributed by atoms with E-state index in [9.17, 15) is 14.9 Å². The predicted octanol–water partition coefficient (Wildman–Crippen LogP) is 2.94. The number of anilines is 2. The Morgan fingerprint density at radius 3 is 2.65 bits per heavy atom. The van der Waals surface area contributed by atoms with Crippen LogP contribution >= 0.6 is 0 Å². The second-order valence-electron chi connectivity index (χ2n) is 4.05. The molecule has 0 unspecified atom stereocenters. The molecule has 2 rings (SSSR count). The van der Waals surface area contributed by atoms with Gasteiger partial charge in [0.05, 0.1) is 4.92 Å². The lowest BCUT2D eigenvalue weighted by Gasteiger charge is -2.07. The molecule has 20 heavy (non-hydrogen) atoms. The van der Waals surface area contributed by atoms with Gasteiger partial charge in [0.2, 0.25) is 0 Å². The number of nitro benzene ring substituents is 1. The molecule has 0 saturated carbocycles. The molecule has 0 fully saturated rings. The van der Waals surface area contributed by atoms with E-state index in [1.807, 2.05) is 13.0 Å². The van der Waals surface area contributed by atoms with Crippen molar-refractivity contribution >= 4 is 23.2 Å². The van der Waals surface area contributed by atoms with Crippen molar-refractivity contribution in [1.29, 1.82) is 0 Å². The lowest BCUT2D eigenvalue weighted by Crippen LogP contribution is -2.20. The van der Waals surface area contributed by atoms with Gasteiger partial charge in [0.25, 0.3) is 5.69 Å². The van der Waals surface area contributed by atoms with Gasteiger partial charge in [-0.15, -0.1) is 0 Å². The largest absolute Gasteiger partial charge is 0.324 e. The van der Waals surface area contributed by atoms with Gasteiger partial charge in [0.15, 0.2) is 0 Å². The van der Waals surface area contributed by atoms with E-state index in [-0.39, 0.29) is 5.69 Å². The molecule has 0 radical (unpaired) electrons. The van der Waals surface area contributed by atoms with Gasteiger partial charge in [-0.3, -0.25) is 15.4 Å². The number of non-ortho nitro benzene ring substituents is 1. The van der Waals surface area contributed by atoms with Gasteiger partial charge >= 0.3 is 6.03 Å². The Hall–Kier alpha value is -2.96. The van der Waals surface area contributed by atoms with Crippen LogP contribution in [0.25, 0.3) is 0 Å². The number of urea groups is 1. The number of nitrogens with zero attached hydrogens (tertiary/aromatic N) is 2. The van der Waals surface area contributed by atoms with Gasteiger partial charge < -0.3 is 5.32 Å². The molecule has 0 spiro atoms. The number of pyridine rings is 1. The molecular formula is C13H12N4O3. The summed E-state index contributed by atoms with van der Waals surface area (Å²) >= 11 is 0. The Morgan fingerprint density at radius 2 is 1.95 bits per heavy atom. The van der Waals surface area contributed by atoms with Crippen molar-refractivity contribution in [2.75, 3.05) is 10.6 Å². The van der Waals surface area contributed by atoms with Crippen LogP contribution in [0.5, 0.6) is 0 Å². The van der Waals surface area contributed by atoms with Crippen LogP contribution in [-0.4, -0.2) is 15.9 Å². The first-order valence-electron chi connectivity index (χ1n) is 5.81. The molecule has 0 aliphatic carbocycles. The van der Waals surface area contributed by atoms with Crippen molar-refractivity contribution in [1.82, 2.24) is 4.98 Å². The molecule has 0 atom stereocenters. The summed E-state index contributed by atoms with van der Waals surface area (Å²) in [7, 11) is 0. The topological polar surface area (TPSA) is 97.2 Å². The van der Waals surface area contributed by atoms with Crippen molar-refractivity contribution in [3.8, 4) is 0 Å². The third-order valence-electron chi connectivity index (χ3n) is 2.44. The molecule has 102 valence electrons. The van der Waals surface area contributed by atoms with E-state index >= 15 is 0 Å². The van der Waals surface area contributed by atoms with Gasteiger partial charge in [-0.05, 0) is 25.1 Å². The molecule has 0 saturated heterocycles. The van der Waals surface area contributed by atoms with Gasteiger partial charge in [0, 0.05) is 23.5 Å². The first-order valence-corrected chi connectivity index (χ1v) is 5.81. The predicted molar refractivity (Wildman–Crippen MR) is 74.7 cm³/mol. The van der Waals surface area contributed by atoms with Gasteiger partial charge in [-0.2, -0.15) is 0 Å². The van der Waals surface area contributed by atoms with E-state index in [0.29, 0.717) is 11.5 Å². The zero-order valence-electron chi connectivity index (χ0n) is 10.7. The number of hydrogen-bond acceptors (Lipinski definition) is 4. The SMILES string of the molecule is Cc1cccc(NC(=O)Nc2cccc([N+](=O)[O-])c2)n1. The Balaban J connectivity index is 2.04. The highest BCUT2D eigenvalue weighted by Gasteiger charge is 2.08. The summed E-state index contributed by atoms with van der Waals surface area (Å²) in [5.74, 6) is 0.410. The third-order valence-corrected chi connectivity index (χ3v) is 2.44. The molecule has 0 aliphatic heterocycles. The minimum Gasteiger partial charge on any atom is -0.307 e. The number of rotatable bonds is 3. The summed E-state index contributed by atoms with van der Waals surface area (Å²) in [6.45, 7) is 1.81. The first kappa shape index (κ1) is 13.5. The monoisotopic (exact) mass is 272 g/mol. The highest BCUT2D eigenvalue weighted by molar-refractivity contribution is 5.99. The van der Waals surface area contributed by atoms with E-state index in [1.54, 1.807) is 18.2 Å². The molecule has 1 aromatic heterocycles. The van der Waals surface area contributed by atoms with Crippen molar-refractivity contribution < 1.29 is 9.72 Å². The summed E-state index contributed by atoms with van der Waals surface area (Å²) in [6, 6.07) is 10.4. The molecular weight excluding hydrogens is 260 g/mol. The Morgan fingerprint density at radius 1 is 1.20 bits per heavy atom. The number of aryl methyl sites for hydroxylation is 1. The average Bonchev–Trinajstić information content (AvgIpc) is 2.38. The zero-order valence-corrected chi connectivity index (χ0v) is 10.7. The summed E-state index contributed by atoms with van der Waals surface area (Å²) in [6.07, 6.45) is 0. The van der Waals surface area contributed by atoms with Crippen LogP contribution in [0.4, 0.5) is 22.0 Å². The molecule has 2 N–H and O–H groups in total. The molecule has 0 bridgehead atoms. The third kappa shape index (κ3) is 3.52. The molecule has 1 aromatic carbocycles. The fourth-order valence-electron chi connectivity index (χ4n) is 1.59. The summed E-state index contributed by atoms with van der Waals surface area (Å²) in [4.78, 5) is 26.0. The second-order valence-corrected chi connectivity index (χ2v) is 4.05. The van der Waals surface area contributed by atoms with Crippen molar-refractivity contribution in [3.05, 3.63) is 58.3 Å². The van der Waals surface area contributed by atoms with Crippen LogP contribution in [0.1, 0.15) is 5.69 Å². The first-order chi connectivity index (χ1) is 9.54. The highest BCUT2D eigenvalue weighted by atomic mass is 16.6. The van der Waals surface area contributed by atoms with E-state index in [0.717, 1.165) is 5.69 Å². The quantitative estimate of drug-likeness (QED) is 0.663. The number of carbonyl (C=O) groups is 1. The zero-order chi connectivity index (χ0) is 14.5. The van der Waals surface area contributed by atoms with Gasteiger partial charge in [-0.1, -0.05) is 12.1 Å². The molecule has 1 heterocycles. The van der Waals surface area contributed by atoms with Gasteiger partial charge in [-0.25, -0.2) is 9.78 Å². The van der Waals surface area contributed by atoms with Crippen LogP contribution in [-0.2, 0) is 0 Å². The van der Waals surface area contributed by atoms with Crippen LogP contribution in [0.2, 0.25) is 0 Å². The number of carbonyl (C=O) groups excluding carboxylic acids is 1. The molecule has 7 nitrogen and oxygen atoms in total. The number of nitrogens with one attached hydrogen (secondary N) is 2. The summed E-state index contributed by atoms with van der Waals surface area (Å²) in [5, 5.41) is 15.7. The number of amides is 2. The normalized spacial score (nSPS) is 9.85. The van der Waals surface area contributed by atoms with Crippen molar-refractivity contribution in [3.63, 3.8) is 0 Å². The Bertz CT molecular complexity index is 658. The maximum Gasteiger partial charge on any atom is 0.324 e. The fourth-order valence-corrected chi connectivity index (χ4v) is 1.59. The van der Waals surface area contributed by atoms with Crippen molar-refractivity contribution in [2.24, 2.45) is 0 Å². The maximum absolute atomic E-state index is 11.7. The van der Waals surface area contributed by atoms with Crippen LogP contribution in [0.15, 0.2) is 42.5 Å². The molecule has 2 amide bonds. The molecule has 0 aliphatic rings. The molecule has 2 aromatic rings. The lowest BCUT2D eigenvalue weighted by molar-refractivity contribution is -0.384. The van der Waals surface area contributed by atoms with Crippen LogP contribution in [0, 0.1) is 17.0 Å². The average molecular weight is 272 g/mol. The smallest absolute Gasteiger partial charge is 0.307 e. The van der Waals surface area contributed by atoms with Gasteiger partial charge in [0.1, 0.15) is 5.82 Å². The minimum atomic E-state index is -0.523. The minimum absolute atomic E-state index is 0.0866. The van der Waals surface area contributed by atoms with E-state index in [1.165, 1.54) is 18.2 Å². The van der Waals surface area contributed by atoms with Crippen molar-refractivity contribution in [2.45, 2.75) is 6.92 Å². The van der Waals surface area contributed by atoms with E-state index in [4.69, 9.17) is 0 Å². The number of nitro groups is 1. The summed E-state index contributed by atoms with van der Waals surface area (Å²) < 4.78 is 0. The fraction of sp³-hybridized carbons (Fsp3) is 0.0769. The number of benzene rings is 1. The Labute approximate surface area is 114 Å². The number of aromatic nitrogens is 1.